The SMILES string of the molecule is COc1ccc(-c2noc(CN(C)C(=O)COc3cc(C)ccc3C)n2)c(OC)c1. The first-order valence-electron chi connectivity index (χ1n) is 9.40. The van der Waals surface area contributed by atoms with Crippen LogP contribution in [0, 0.1) is 13.8 Å². The van der Waals surface area contributed by atoms with Crippen LogP contribution in [-0.4, -0.2) is 48.8 Å². The lowest BCUT2D eigenvalue weighted by molar-refractivity contribution is -0.132. The van der Waals surface area contributed by atoms with Gasteiger partial charge in [-0.3, -0.25) is 4.79 Å². The van der Waals surface area contributed by atoms with Gasteiger partial charge in [0.1, 0.15) is 17.2 Å². The molecule has 0 aliphatic rings. The van der Waals surface area contributed by atoms with Crippen molar-refractivity contribution in [2.45, 2.75) is 20.4 Å². The zero-order chi connectivity index (χ0) is 21.7. The van der Waals surface area contributed by atoms with E-state index in [-0.39, 0.29) is 19.1 Å². The molecule has 0 N–H and O–H groups in total. The molecular formula is C22H25N3O5. The molecule has 0 aliphatic carbocycles. The third-order valence-electron chi connectivity index (χ3n) is 4.61. The fourth-order valence-corrected chi connectivity index (χ4v) is 2.82. The minimum absolute atomic E-state index is 0.0753. The van der Waals surface area contributed by atoms with Crippen LogP contribution in [0.15, 0.2) is 40.9 Å². The summed E-state index contributed by atoms with van der Waals surface area (Å²) >= 11 is 0. The Morgan fingerprint density at radius 1 is 1.07 bits per heavy atom. The molecular weight excluding hydrogens is 386 g/mol. The van der Waals surface area contributed by atoms with Crippen molar-refractivity contribution in [2.24, 2.45) is 0 Å². The molecule has 0 aliphatic heterocycles. The zero-order valence-corrected chi connectivity index (χ0v) is 17.8. The van der Waals surface area contributed by atoms with Crippen molar-refractivity contribution in [1.29, 1.82) is 0 Å². The number of aryl methyl sites for hydroxylation is 2. The van der Waals surface area contributed by atoms with Gasteiger partial charge in [0.25, 0.3) is 5.91 Å². The zero-order valence-electron chi connectivity index (χ0n) is 17.8. The highest BCUT2D eigenvalue weighted by Crippen LogP contribution is 2.31. The van der Waals surface area contributed by atoms with E-state index in [1.807, 2.05) is 32.0 Å². The highest BCUT2D eigenvalue weighted by atomic mass is 16.5. The number of hydrogen-bond acceptors (Lipinski definition) is 7. The van der Waals surface area contributed by atoms with Gasteiger partial charge in [-0.1, -0.05) is 17.3 Å². The number of ether oxygens (including phenoxy) is 3. The summed E-state index contributed by atoms with van der Waals surface area (Å²) in [6.07, 6.45) is 0. The smallest absolute Gasteiger partial charge is 0.260 e. The van der Waals surface area contributed by atoms with Crippen LogP contribution in [0.25, 0.3) is 11.4 Å². The summed E-state index contributed by atoms with van der Waals surface area (Å²) in [6, 6.07) is 11.2. The number of rotatable bonds is 8. The Bertz CT molecular complexity index is 1030. The standard InChI is InChI=1S/C22H25N3O5/c1-14-6-7-15(2)18(10-14)29-13-21(26)25(3)12-20-23-22(24-30-20)17-9-8-16(27-4)11-19(17)28-5/h6-11H,12-13H2,1-5H3. The molecule has 1 amide bonds. The lowest BCUT2D eigenvalue weighted by atomic mass is 10.1. The molecule has 8 heteroatoms. The molecule has 0 spiro atoms. The van der Waals surface area contributed by atoms with Gasteiger partial charge < -0.3 is 23.6 Å². The van der Waals surface area contributed by atoms with Crippen LogP contribution in [-0.2, 0) is 11.3 Å². The maximum atomic E-state index is 12.4. The van der Waals surface area contributed by atoms with Gasteiger partial charge in [0.2, 0.25) is 11.7 Å². The van der Waals surface area contributed by atoms with Crippen LogP contribution >= 0.6 is 0 Å². The van der Waals surface area contributed by atoms with E-state index in [4.69, 9.17) is 18.7 Å². The fourth-order valence-electron chi connectivity index (χ4n) is 2.82. The maximum absolute atomic E-state index is 12.4. The number of amides is 1. The Morgan fingerprint density at radius 2 is 1.87 bits per heavy atom. The quantitative estimate of drug-likeness (QED) is 0.561. The van der Waals surface area contributed by atoms with Gasteiger partial charge in [0.15, 0.2) is 6.61 Å². The molecule has 1 heterocycles. The van der Waals surface area contributed by atoms with Crippen LogP contribution in [0.5, 0.6) is 17.2 Å². The molecule has 0 saturated carbocycles. The predicted octanol–water partition coefficient (Wildman–Crippen LogP) is 3.41. The van der Waals surface area contributed by atoms with Gasteiger partial charge in [-0.15, -0.1) is 0 Å². The van der Waals surface area contributed by atoms with E-state index in [0.717, 1.165) is 11.1 Å². The van der Waals surface area contributed by atoms with Crippen molar-refractivity contribution in [3.63, 3.8) is 0 Å². The number of carbonyl (C=O) groups is 1. The van der Waals surface area contributed by atoms with Crippen molar-refractivity contribution in [2.75, 3.05) is 27.9 Å². The first-order valence-corrected chi connectivity index (χ1v) is 9.40. The highest BCUT2D eigenvalue weighted by Gasteiger charge is 2.18. The molecule has 0 radical (unpaired) electrons. The molecule has 0 unspecified atom stereocenters. The van der Waals surface area contributed by atoms with Gasteiger partial charge >= 0.3 is 0 Å². The van der Waals surface area contributed by atoms with Crippen LogP contribution in [0.4, 0.5) is 0 Å². The molecule has 0 bridgehead atoms. The second kappa shape index (κ2) is 9.30. The summed E-state index contributed by atoms with van der Waals surface area (Å²) < 4.78 is 21.6. The number of nitrogens with zero attached hydrogens (tertiary/aromatic N) is 3. The van der Waals surface area contributed by atoms with Crippen LogP contribution in [0.3, 0.4) is 0 Å². The lowest BCUT2D eigenvalue weighted by Gasteiger charge is -2.16. The normalized spacial score (nSPS) is 10.6. The van der Waals surface area contributed by atoms with E-state index >= 15 is 0 Å². The van der Waals surface area contributed by atoms with Gasteiger partial charge in [-0.2, -0.15) is 4.98 Å². The molecule has 0 fully saturated rings. The average molecular weight is 411 g/mol. The molecule has 8 nitrogen and oxygen atoms in total. The van der Waals surface area contributed by atoms with Crippen LogP contribution in [0.1, 0.15) is 17.0 Å². The molecule has 1 aromatic heterocycles. The van der Waals surface area contributed by atoms with Gasteiger partial charge in [0.05, 0.1) is 26.3 Å². The Morgan fingerprint density at radius 3 is 2.60 bits per heavy atom. The highest BCUT2D eigenvalue weighted by molar-refractivity contribution is 5.77. The number of benzene rings is 2. The maximum Gasteiger partial charge on any atom is 0.260 e. The number of methoxy groups -OCH3 is 2. The largest absolute Gasteiger partial charge is 0.497 e. The first kappa shape index (κ1) is 21.2. The first-order chi connectivity index (χ1) is 14.4. The third-order valence-corrected chi connectivity index (χ3v) is 4.61. The summed E-state index contributed by atoms with van der Waals surface area (Å²) in [5, 5.41) is 4.00. The number of carbonyl (C=O) groups excluding carboxylic acids is 1. The Kier molecular flexibility index (Phi) is 6.56. The summed E-state index contributed by atoms with van der Waals surface area (Å²) in [5.41, 5.74) is 2.72. The molecule has 0 saturated heterocycles. The van der Waals surface area contributed by atoms with Gasteiger partial charge in [0, 0.05) is 13.1 Å². The summed E-state index contributed by atoms with van der Waals surface area (Å²) in [4.78, 5) is 18.3. The molecule has 3 aromatic rings. The van der Waals surface area contributed by atoms with E-state index < -0.39 is 0 Å². The molecule has 2 aromatic carbocycles. The number of hydrogen-bond donors (Lipinski definition) is 0. The Balaban J connectivity index is 1.64. The van der Waals surface area contributed by atoms with Crippen molar-refractivity contribution in [1.82, 2.24) is 15.0 Å². The molecule has 3 rings (SSSR count). The third kappa shape index (κ3) is 4.89. The van der Waals surface area contributed by atoms with Gasteiger partial charge in [-0.25, -0.2) is 0 Å². The van der Waals surface area contributed by atoms with Crippen molar-refractivity contribution in [3.05, 3.63) is 53.4 Å². The minimum Gasteiger partial charge on any atom is -0.497 e. The topological polar surface area (TPSA) is 86.9 Å². The molecule has 158 valence electrons. The van der Waals surface area contributed by atoms with Crippen molar-refractivity contribution in [3.8, 4) is 28.6 Å². The van der Waals surface area contributed by atoms with E-state index in [1.165, 1.54) is 4.90 Å². The van der Waals surface area contributed by atoms with Gasteiger partial charge in [-0.05, 0) is 43.2 Å². The fraction of sp³-hybridized carbons (Fsp3) is 0.318. The number of likely N-dealkylation sites (N-methyl/N-ethyl adjacent to an activating group) is 1. The van der Waals surface area contributed by atoms with E-state index in [9.17, 15) is 4.79 Å². The monoisotopic (exact) mass is 411 g/mol. The minimum atomic E-state index is -0.197. The Labute approximate surface area is 175 Å². The van der Waals surface area contributed by atoms with Crippen molar-refractivity contribution >= 4 is 5.91 Å². The van der Waals surface area contributed by atoms with Crippen LogP contribution in [0.2, 0.25) is 0 Å². The predicted molar refractivity (Wildman–Crippen MR) is 111 cm³/mol. The van der Waals surface area contributed by atoms with Crippen LogP contribution < -0.4 is 14.2 Å². The molecule has 0 atom stereocenters. The summed E-state index contributed by atoms with van der Waals surface area (Å²) in [5.74, 6) is 2.41. The molecule has 30 heavy (non-hydrogen) atoms. The summed E-state index contributed by atoms with van der Waals surface area (Å²) in [6.45, 7) is 4.01. The second-order valence-electron chi connectivity index (χ2n) is 6.89. The Hall–Kier alpha value is -3.55. The average Bonchev–Trinajstić information content (AvgIpc) is 3.21. The van der Waals surface area contributed by atoms with E-state index in [1.54, 1.807) is 39.5 Å². The second-order valence-corrected chi connectivity index (χ2v) is 6.89. The van der Waals surface area contributed by atoms with Crippen molar-refractivity contribution < 1.29 is 23.5 Å². The van der Waals surface area contributed by atoms with E-state index in [2.05, 4.69) is 10.1 Å². The summed E-state index contributed by atoms with van der Waals surface area (Å²) in [7, 11) is 4.80. The van der Waals surface area contributed by atoms with E-state index in [0.29, 0.717) is 34.5 Å². The number of aromatic nitrogens is 2. The lowest BCUT2D eigenvalue weighted by Crippen LogP contribution is -2.31.